The largest absolute Gasteiger partial charge is 0.432 e. The molecule has 0 radical (unpaired) electrons. The number of rotatable bonds is 5. The van der Waals surface area contributed by atoms with E-state index in [4.69, 9.17) is 4.42 Å². The third-order valence-electron chi connectivity index (χ3n) is 3.90. The van der Waals surface area contributed by atoms with Crippen molar-refractivity contribution >= 4 is 6.01 Å². The minimum Gasteiger partial charge on any atom is -0.432 e. The molecule has 1 aromatic heterocycles. The second kappa shape index (κ2) is 6.76. The lowest BCUT2D eigenvalue weighted by Gasteiger charge is -2.18. The molecule has 2 aromatic rings. The van der Waals surface area contributed by atoms with Crippen molar-refractivity contribution in [3.8, 4) is 0 Å². The van der Waals surface area contributed by atoms with Crippen LogP contribution in [-0.4, -0.2) is 18.1 Å². The van der Waals surface area contributed by atoms with Gasteiger partial charge in [-0.05, 0) is 36.9 Å². The summed E-state index contributed by atoms with van der Waals surface area (Å²) >= 11 is 0. The zero-order valence-corrected chi connectivity index (χ0v) is 12.6. The molecule has 1 aliphatic rings. The molecule has 0 aliphatic carbocycles. The topological polar surface area (TPSA) is 41.3 Å². The maximum absolute atomic E-state index is 5.68. The van der Waals surface area contributed by atoms with Crippen LogP contribution in [0.3, 0.4) is 0 Å². The van der Waals surface area contributed by atoms with Crippen LogP contribution in [0.25, 0.3) is 0 Å². The van der Waals surface area contributed by atoms with Gasteiger partial charge in [-0.1, -0.05) is 31.2 Å². The molecule has 0 atom stereocenters. The van der Waals surface area contributed by atoms with E-state index in [1.165, 1.54) is 11.1 Å². The van der Waals surface area contributed by atoms with Gasteiger partial charge in [0.05, 0.1) is 5.69 Å². The van der Waals surface area contributed by atoms with Crippen molar-refractivity contribution in [2.45, 2.75) is 39.3 Å². The molecule has 4 heteroatoms. The first-order valence-corrected chi connectivity index (χ1v) is 7.83. The monoisotopic (exact) mass is 285 g/mol. The summed E-state index contributed by atoms with van der Waals surface area (Å²) in [4.78, 5) is 6.86. The first-order chi connectivity index (χ1) is 10.4. The number of nitrogens with one attached hydrogen (secondary N) is 1. The van der Waals surface area contributed by atoms with Gasteiger partial charge < -0.3 is 14.6 Å². The molecule has 3 rings (SSSR count). The van der Waals surface area contributed by atoms with Gasteiger partial charge >= 0.3 is 0 Å². The van der Waals surface area contributed by atoms with Gasteiger partial charge in [-0.2, -0.15) is 4.98 Å². The van der Waals surface area contributed by atoms with Crippen molar-refractivity contribution in [3.63, 3.8) is 0 Å². The summed E-state index contributed by atoms with van der Waals surface area (Å²) in [6, 6.07) is 9.42. The number of nitrogens with zero attached hydrogens (tertiary/aromatic N) is 2. The zero-order valence-electron chi connectivity index (χ0n) is 12.6. The standard InChI is InChI=1S/C17H23N3O/c1-2-9-18-11-16-13-21-17(19-16)20-10-5-8-14-6-3-4-7-15(14)12-20/h3-4,6-7,13,18H,2,5,8-12H2,1H3. The molecule has 112 valence electrons. The molecule has 0 spiro atoms. The number of oxazole rings is 1. The van der Waals surface area contributed by atoms with Crippen molar-refractivity contribution < 1.29 is 4.42 Å². The summed E-state index contributed by atoms with van der Waals surface area (Å²) in [7, 11) is 0. The van der Waals surface area contributed by atoms with Gasteiger partial charge in [0.1, 0.15) is 6.26 Å². The minimum absolute atomic E-state index is 0.750. The first-order valence-electron chi connectivity index (χ1n) is 7.83. The van der Waals surface area contributed by atoms with E-state index in [9.17, 15) is 0 Å². The Morgan fingerprint density at radius 1 is 1.29 bits per heavy atom. The van der Waals surface area contributed by atoms with Crippen LogP contribution in [0.2, 0.25) is 0 Å². The Balaban J connectivity index is 1.69. The Labute approximate surface area is 126 Å². The molecule has 2 heterocycles. The van der Waals surface area contributed by atoms with Crippen molar-refractivity contribution in [1.29, 1.82) is 0 Å². The fraction of sp³-hybridized carbons (Fsp3) is 0.471. The SMILES string of the molecule is CCCNCc1coc(N2CCCc3ccccc3C2)n1. The zero-order chi connectivity index (χ0) is 14.5. The van der Waals surface area contributed by atoms with Gasteiger partial charge in [0.2, 0.25) is 0 Å². The molecule has 1 aromatic carbocycles. The number of aromatic nitrogens is 1. The van der Waals surface area contributed by atoms with Gasteiger partial charge in [0, 0.05) is 19.6 Å². The number of hydrogen-bond donors (Lipinski definition) is 1. The summed E-state index contributed by atoms with van der Waals surface area (Å²) in [5, 5.41) is 3.35. The Morgan fingerprint density at radius 3 is 3.00 bits per heavy atom. The Morgan fingerprint density at radius 2 is 2.14 bits per heavy atom. The summed E-state index contributed by atoms with van der Waals surface area (Å²) in [6.45, 7) is 5.84. The maximum atomic E-state index is 5.68. The van der Waals surface area contributed by atoms with Crippen molar-refractivity contribution in [1.82, 2.24) is 10.3 Å². The van der Waals surface area contributed by atoms with E-state index in [2.05, 4.69) is 46.4 Å². The Bertz CT molecular complexity index is 579. The predicted octanol–water partition coefficient (Wildman–Crippen LogP) is 3.13. The van der Waals surface area contributed by atoms with Gasteiger partial charge in [-0.3, -0.25) is 0 Å². The summed E-state index contributed by atoms with van der Waals surface area (Å²) < 4.78 is 5.68. The van der Waals surface area contributed by atoms with Crippen molar-refractivity contribution in [3.05, 3.63) is 47.3 Å². The molecular formula is C17H23N3O. The van der Waals surface area contributed by atoms with Crippen LogP contribution in [0, 0.1) is 0 Å². The highest BCUT2D eigenvalue weighted by Crippen LogP contribution is 2.23. The number of anilines is 1. The van der Waals surface area contributed by atoms with E-state index < -0.39 is 0 Å². The fourth-order valence-electron chi connectivity index (χ4n) is 2.78. The van der Waals surface area contributed by atoms with Crippen molar-refractivity contribution in [2.75, 3.05) is 18.0 Å². The molecule has 0 amide bonds. The van der Waals surface area contributed by atoms with E-state index in [0.717, 1.165) is 57.2 Å². The average Bonchev–Trinajstić information content (AvgIpc) is 2.86. The maximum Gasteiger partial charge on any atom is 0.297 e. The molecule has 1 aliphatic heterocycles. The number of aryl methyl sites for hydroxylation is 1. The van der Waals surface area contributed by atoms with Crippen molar-refractivity contribution in [2.24, 2.45) is 0 Å². The fourth-order valence-corrected chi connectivity index (χ4v) is 2.78. The van der Waals surface area contributed by atoms with Gasteiger partial charge in [-0.25, -0.2) is 0 Å². The normalized spacial score (nSPS) is 14.8. The molecular weight excluding hydrogens is 262 g/mol. The highest BCUT2D eigenvalue weighted by Gasteiger charge is 2.18. The van der Waals surface area contributed by atoms with Crippen LogP contribution < -0.4 is 10.2 Å². The minimum atomic E-state index is 0.750. The summed E-state index contributed by atoms with van der Waals surface area (Å²) in [5.41, 5.74) is 3.83. The molecule has 4 nitrogen and oxygen atoms in total. The third kappa shape index (κ3) is 3.45. The van der Waals surface area contributed by atoms with Crippen LogP contribution in [-0.2, 0) is 19.5 Å². The van der Waals surface area contributed by atoms with Crippen LogP contribution in [0.4, 0.5) is 6.01 Å². The quantitative estimate of drug-likeness (QED) is 0.857. The number of benzene rings is 1. The molecule has 1 N–H and O–H groups in total. The number of fused-ring (bicyclic) bond motifs is 1. The van der Waals surface area contributed by atoms with Gasteiger partial charge in [0.15, 0.2) is 0 Å². The molecule has 0 bridgehead atoms. The molecule has 21 heavy (non-hydrogen) atoms. The lowest BCUT2D eigenvalue weighted by atomic mass is 10.0. The van der Waals surface area contributed by atoms with Crippen LogP contribution in [0.1, 0.15) is 36.6 Å². The smallest absolute Gasteiger partial charge is 0.297 e. The summed E-state index contributed by atoms with van der Waals surface area (Å²) in [6.07, 6.45) is 5.18. The van der Waals surface area contributed by atoms with Gasteiger partial charge in [0.25, 0.3) is 6.01 Å². The molecule has 0 saturated heterocycles. The second-order valence-corrected chi connectivity index (χ2v) is 5.59. The predicted molar refractivity (Wildman–Crippen MR) is 84.3 cm³/mol. The van der Waals surface area contributed by atoms with E-state index in [-0.39, 0.29) is 0 Å². The summed E-state index contributed by atoms with van der Waals surface area (Å²) in [5.74, 6) is 0. The lowest BCUT2D eigenvalue weighted by Crippen LogP contribution is -2.23. The molecule has 0 saturated carbocycles. The average molecular weight is 285 g/mol. The van der Waals surface area contributed by atoms with E-state index in [1.807, 2.05) is 0 Å². The van der Waals surface area contributed by atoms with Crippen LogP contribution in [0.15, 0.2) is 34.9 Å². The van der Waals surface area contributed by atoms with E-state index in [1.54, 1.807) is 6.26 Å². The van der Waals surface area contributed by atoms with Crippen LogP contribution in [0.5, 0.6) is 0 Å². The highest BCUT2D eigenvalue weighted by molar-refractivity contribution is 5.36. The van der Waals surface area contributed by atoms with Gasteiger partial charge in [-0.15, -0.1) is 0 Å². The number of hydrogen-bond acceptors (Lipinski definition) is 4. The highest BCUT2D eigenvalue weighted by atomic mass is 16.4. The first kappa shape index (κ1) is 14.1. The third-order valence-corrected chi connectivity index (χ3v) is 3.90. The lowest BCUT2D eigenvalue weighted by molar-refractivity contribution is 0.529. The van der Waals surface area contributed by atoms with E-state index >= 15 is 0 Å². The van der Waals surface area contributed by atoms with Crippen LogP contribution >= 0.6 is 0 Å². The Kier molecular flexibility index (Phi) is 4.55. The Hall–Kier alpha value is -1.81. The molecule has 0 fully saturated rings. The van der Waals surface area contributed by atoms with E-state index in [0.29, 0.717) is 0 Å². The second-order valence-electron chi connectivity index (χ2n) is 5.59. The molecule has 0 unspecified atom stereocenters.